The van der Waals surface area contributed by atoms with E-state index in [1.54, 1.807) is 6.07 Å². The molecule has 130 valence electrons. The highest BCUT2D eigenvalue weighted by Crippen LogP contribution is 2.32. The van der Waals surface area contributed by atoms with E-state index in [1.807, 2.05) is 24.3 Å². The summed E-state index contributed by atoms with van der Waals surface area (Å²) in [5.41, 5.74) is 3.72. The Kier molecular flexibility index (Phi) is 4.45. The van der Waals surface area contributed by atoms with Crippen molar-refractivity contribution in [2.24, 2.45) is 5.92 Å². The number of hydrogen-bond donors (Lipinski definition) is 1. The SMILES string of the molecule is CC1CCN(Cc2c(O)ccc3c(Cc4ccccc4)noc23)CC1. The van der Waals surface area contributed by atoms with Crippen molar-refractivity contribution in [2.75, 3.05) is 13.1 Å². The minimum Gasteiger partial charge on any atom is -0.507 e. The second-order valence-corrected chi connectivity index (χ2v) is 7.19. The minimum absolute atomic E-state index is 0.300. The summed E-state index contributed by atoms with van der Waals surface area (Å²) in [6, 6.07) is 14.0. The van der Waals surface area contributed by atoms with E-state index in [4.69, 9.17) is 4.52 Å². The summed E-state index contributed by atoms with van der Waals surface area (Å²) < 4.78 is 5.66. The van der Waals surface area contributed by atoms with Crippen molar-refractivity contribution in [3.05, 3.63) is 59.3 Å². The number of rotatable bonds is 4. The number of phenolic OH excluding ortho intramolecular Hbond substituents is 1. The molecule has 0 unspecified atom stereocenters. The van der Waals surface area contributed by atoms with Gasteiger partial charge in [-0.1, -0.05) is 42.4 Å². The molecule has 0 aliphatic carbocycles. The lowest BCUT2D eigenvalue weighted by Gasteiger charge is -2.30. The van der Waals surface area contributed by atoms with Gasteiger partial charge in [-0.15, -0.1) is 0 Å². The Balaban J connectivity index is 1.62. The van der Waals surface area contributed by atoms with Gasteiger partial charge < -0.3 is 9.63 Å². The first-order valence-corrected chi connectivity index (χ1v) is 9.06. The van der Waals surface area contributed by atoms with Gasteiger partial charge in [-0.2, -0.15) is 0 Å². The van der Waals surface area contributed by atoms with E-state index in [0.29, 0.717) is 5.75 Å². The molecule has 0 spiro atoms. The van der Waals surface area contributed by atoms with Crippen LogP contribution in [0.15, 0.2) is 47.0 Å². The smallest absolute Gasteiger partial charge is 0.175 e. The molecule has 1 aromatic heterocycles. The Labute approximate surface area is 148 Å². The number of aromatic nitrogens is 1. The zero-order valence-corrected chi connectivity index (χ0v) is 14.6. The first-order chi connectivity index (χ1) is 12.2. The van der Waals surface area contributed by atoms with Crippen LogP contribution < -0.4 is 0 Å². The van der Waals surface area contributed by atoms with Crippen molar-refractivity contribution in [1.29, 1.82) is 0 Å². The fraction of sp³-hybridized carbons (Fsp3) is 0.381. The van der Waals surface area contributed by atoms with E-state index < -0.39 is 0 Å². The molecule has 1 fully saturated rings. The third-order valence-electron chi connectivity index (χ3n) is 5.27. The Morgan fingerprint density at radius 1 is 1.12 bits per heavy atom. The van der Waals surface area contributed by atoms with Crippen molar-refractivity contribution in [1.82, 2.24) is 10.1 Å². The van der Waals surface area contributed by atoms with Crippen molar-refractivity contribution >= 4 is 11.0 Å². The molecule has 1 aliphatic heterocycles. The van der Waals surface area contributed by atoms with Gasteiger partial charge in [0.2, 0.25) is 0 Å². The van der Waals surface area contributed by atoms with Gasteiger partial charge in [-0.25, -0.2) is 0 Å². The average molecular weight is 336 g/mol. The van der Waals surface area contributed by atoms with Crippen LogP contribution in [0.25, 0.3) is 11.0 Å². The van der Waals surface area contributed by atoms with Crippen LogP contribution in [0, 0.1) is 5.92 Å². The van der Waals surface area contributed by atoms with Gasteiger partial charge in [0.05, 0.1) is 11.3 Å². The summed E-state index contributed by atoms with van der Waals surface area (Å²) in [7, 11) is 0. The van der Waals surface area contributed by atoms with Crippen LogP contribution >= 0.6 is 0 Å². The Morgan fingerprint density at radius 2 is 1.88 bits per heavy atom. The van der Waals surface area contributed by atoms with E-state index in [1.165, 1.54) is 18.4 Å². The third-order valence-corrected chi connectivity index (χ3v) is 5.27. The molecule has 0 amide bonds. The number of fused-ring (bicyclic) bond motifs is 1. The topological polar surface area (TPSA) is 49.5 Å². The van der Waals surface area contributed by atoms with Crippen LogP contribution in [0.1, 0.15) is 36.6 Å². The molecule has 1 saturated heterocycles. The molecule has 3 aromatic rings. The van der Waals surface area contributed by atoms with Crippen molar-refractivity contribution in [2.45, 2.75) is 32.7 Å². The number of hydrogen-bond acceptors (Lipinski definition) is 4. The molecule has 4 rings (SSSR count). The molecule has 4 nitrogen and oxygen atoms in total. The normalized spacial score (nSPS) is 16.5. The summed E-state index contributed by atoms with van der Waals surface area (Å²) in [5.74, 6) is 1.09. The lowest BCUT2D eigenvalue weighted by atomic mass is 9.98. The summed E-state index contributed by atoms with van der Waals surface area (Å²) in [6.45, 7) is 5.17. The van der Waals surface area contributed by atoms with E-state index >= 15 is 0 Å². The van der Waals surface area contributed by atoms with Gasteiger partial charge in [0.1, 0.15) is 5.75 Å². The van der Waals surface area contributed by atoms with Crippen molar-refractivity contribution < 1.29 is 9.63 Å². The maximum absolute atomic E-state index is 10.4. The molecular weight excluding hydrogens is 312 g/mol. The second kappa shape index (κ2) is 6.89. The molecule has 0 bridgehead atoms. The summed E-state index contributed by atoms with van der Waals surface area (Å²) in [4.78, 5) is 2.40. The van der Waals surface area contributed by atoms with Crippen molar-refractivity contribution in [3.63, 3.8) is 0 Å². The van der Waals surface area contributed by atoms with Crippen LogP contribution in [-0.4, -0.2) is 28.3 Å². The van der Waals surface area contributed by atoms with E-state index in [0.717, 1.165) is 54.2 Å². The van der Waals surface area contributed by atoms with Gasteiger partial charge in [0, 0.05) is 18.4 Å². The summed E-state index contributed by atoms with van der Waals surface area (Å²) in [6.07, 6.45) is 3.16. The minimum atomic E-state index is 0.300. The van der Waals surface area contributed by atoms with Crippen molar-refractivity contribution in [3.8, 4) is 5.75 Å². The second-order valence-electron chi connectivity index (χ2n) is 7.19. The predicted molar refractivity (Wildman–Crippen MR) is 98.6 cm³/mol. The molecular formula is C21H24N2O2. The molecule has 2 heterocycles. The van der Waals surface area contributed by atoms with Crippen LogP contribution in [0.3, 0.4) is 0 Å². The molecule has 0 atom stereocenters. The highest BCUT2D eigenvalue weighted by Gasteiger charge is 2.21. The zero-order chi connectivity index (χ0) is 17.2. The average Bonchev–Trinajstić information content (AvgIpc) is 3.03. The van der Waals surface area contributed by atoms with Gasteiger partial charge in [-0.05, 0) is 49.5 Å². The van der Waals surface area contributed by atoms with Crippen LogP contribution in [-0.2, 0) is 13.0 Å². The molecule has 2 aromatic carbocycles. The lowest BCUT2D eigenvalue weighted by Crippen LogP contribution is -2.32. The zero-order valence-electron chi connectivity index (χ0n) is 14.6. The Bertz CT molecular complexity index is 849. The quantitative estimate of drug-likeness (QED) is 0.769. The van der Waals surface area contributed by atoms with E-state index in [2.05, 4.69) is 29.1 Å². The summed E-state index contributed by atoms with van der Waals surface area (Å²) >= 11 is 0. The molecule has 1 aliphatic rings. The number of phenols is 1. The largest absolute Gasteiger partial charge is 0.507 e. The maximum Gasteiger partial charge on any atom is 0.175 e. The number of benzene rings is 2. The number of likely N-dealkylation sites (tertiary alicyclic amines) is 1. The molecule has 1 N–H and O–H groups in total. The first kappa shape index (κ1) is 16.2. The number of aromatic hydroxyl groups is 1. The van der Waals surface area contributed by atoms with Gasteiger partial charge in [0.25, 0.3) is 0 Å². The highest BCUT2D eigenvalue weighted by molar-refractivity contribution is 5.84. The standard InChI is InChI=1S/C21H24N2O2/c1-15-9-11-23(12-10-15)14-18-20(24)8-7-17-19(22-25-21(17)18)13-16-5-3-2-4-6-16/h2-8,15,24H,9-14H2,1H3. The predicted octanol–water partition coefficient (Wildman–Crippen LogP) is 4.36. The molecule has 25 heavy (non-hydrogen) atoms. The van der Waals surface area contributed by atoms with Crippen LogP contribution in [0.2, 0.25) is 0 Å². The van der Waals surface area contributed by atoms with Gasteiger partial charge in [-0.3, -0.25) is 4.90 Å². The van der Waals surface area contributed by atoms with Crippen LogP contribution in [0.5, 0.6) is 5.75 Å². The molecule has 0 saturated carbocycles. The third kappa shape index (κ3) is 3.40. The van der Waals surface area contributed by atoms with E-state index in [-0.39, 0.29) is 0 Å². The lowest BCUT2D eigenvalue weighted by molar-refractivity contribution is 0.183. The Hall–Kier alpha value is -2.33. The first-order valence-electron chi connectivity index (χ1n) is 9.06. The summed E-state index contributed by atoms with van der Waals surface area (Å²) in [5, 5.41) is 15.7. The van der Waals surface area contributed by atoms with Crippen LogP contribution in [0.4, 0.5) is 0 Å². The maximum atomic E-state index is 10.4. The fourth-order valence-electron chi connectivity index (χ4n) is 3.61. The Morgan fingerprint density at radius 3 is 2.64 bits per heavy atom. The monoisotopic (exact) mass is 336 g/mol. The van der Waals surface area contributed by atoms with Gasteiger partial charge in [0.15, 0.2) is 5.58 Å². The number of nitrogens with zero attached hydrogens (tertiary/aromatic N) is 2. The highest BCUT2D eigenvalue weighted by atomic mass is 16.5. The number of piperidine rings is 1. The molecule has 4 heteroatoms. The van der Waals surface area contributed by atoms with Gasteiger partial charge >= 0.3 is 0 Å². The fourth-order valence-corrected chi connectivity index (χ4v) is 3.61. The van der Waals surface area contributed by atoms with E-state index in [9.17, 15) is 5.11 Å². The molecule has 0 radical (unpaired) electrons.